The molecule has 0 spiro atoms. The van der Waals surface area contributed by atoms with Crippen LogP contribution in [0.25, 0.3) is 0 Å². The third-order valence-electron chi connectivity index (χ3n) is 6.99. The quantitative estimate of drug-likeness (QED) is 0.763. The van der Waals surface area contributed by atoms with E-state index in [2.05, 4.69) is 38.1 Å². The fourth-order valence-electron chi connectivity index (χ4n) is 5.78. The predicted octanol–water partition coefficient (Wildman–Crippen LogP) is 1.70. The van der Waals surface area contributed by atoms with Crippen molar-refractivity contribution in [1.82, 2.24) is 24.3 Å². The van der Waals surface area contributed by atoms with Crippen molar-refractivity contribution in [3.05, 3.63) is 10.6 Å². The smallest absolute Gasteiger partial charge is 0.237 e. The number of ether oxygens (including phenoxy) is 1. The summed E-state index contributed by atoms with van der Waals surface area (Å²) >= 11 is 1.48. The molecule has 0 N–H and O–H groups in total. The fourth-order valence-corrected chi connectivity index (χ4v) is 6.59. The maximum atomic E-state index is 13.1. The molecule has 4 atom stereocenters. The number of aromatic nitrogens is 2. The summed E-state index contributed by atoms with van der Waals surface area (Å²) in [6.45, 7) is 9.03. The van der Waals surface area contributed by atoms with Gasteiger partial charge in [0, 0.05) is 44.7 Å². The van der Waals surface area contributed by atoms with Gasteiger partial charge in [-0.25, -0.2) is 0 Å². The Labute approximate surface area is 171 Å². The van der Waals surface area contributed by atoms with Crippen LogP contribution < -0.4 is 0 Å². The minimum absolute atomic E-state index is 0.232. The molecule has 5 rings (SSSR count). The molecule has 0 unspecified atom stereocenters. The normalized spacial score (nSPS) is 34.6. The summed E-state index contributed by atoms with van der Waals surface area (Å²) in [5, 5.41) is 4.28. The number of nitrogens with zero attached hydrogens (tertiary/aromatic N) is 5. The van der Waals surface area contributed by atoms with Gasteiger partial charge in [-0.15, -0.1) is 5.10 Å². The number of carbonyl (C=O) groups is 1. The number of piperidine rings is 1. The molecule has 28 heavy (non-hydrogen) atoms. The van der Waals surface area contributed by atoms with E-state index in [1.807, 2.05) is 0 Å². The molecule has 3 fully saturated rings. The Morgan fingerprint density at radius 3 is 2.61 bits per heavy atom. The van der Waals surface area contributed by atoms with Gasteiger partial charge in [0.05, 0.1) is 35.4 Å². The highest BCUT2D eigenvalue weighted by Gasteiger charge is 2.44. The van der Waals surface area contributed by atoms with Crippen LogP contribution >= 0.6 is 11.5 Å². The standard InChI is InChI=1S/C20H31N5O2S/c1-13-10-24(11-14(2)27-13)15-5-7-23(8-6-15)12-19(26)25-16-3-4-18(25)20-17(9-16)21-22-28-20/h13-16,18H,3-12H2,1-2H3/t13-,14+,16-,18-/m0/s1. The van der Waals surface area contributed by atoms with Crippen molar-refractivity contribution in [2.24, 2.45) is 0 Å². The summed E-state index contributed by atoms with van der Waals surface area (Å²) in [5.74, 6) is 0.304. The highest BCUT2D eigenvalue weighted by Crippen LogP contribution is 2.44. The molecule has 1 aromatic rings. The van der Waals surface area contributed by atoms with Crippen molar-refractivity contribution in [1.29, 1.82) is 0 Å². The van der Waals surface area contributed by atoms with Crippen LogP contribution in [0.3, 0.4) is 0 Å². The number of morpholine rings is 1. The largest absolute Gasteiger partial charge is 0.373 e. The molecular formula is C20H31N5O2S. The van der Waals surface area contributed by atoms with E-state index in [9.17, 15) is 4.79 Å². The second-order valence-corrected chi connectivity index (χ2v) is 9.84. The van der Waals surface area contributed by atoms with Gasteiger partial charge in [0.25, 0.3) is 0 Å². The van der Waals surface area contributed by atoms with E-state index in [1.165, 1.54) is 16.4 Å². The van der Waals surface area contributed by atoms with Crippen LogP contribution in [-0.2, 0) is 16.0 Å². The SMILES string of the molecule is C[C@@H]1CN(C2CCN(CC(=O)N3[C@H]4CC[C@H]3c3snnc3C4)CC2)C[C@H](C)O1. The molecule has 1 aromatic heterocycles. The van der Waals surface area contributed by atoms with Crippen LogP contribution in [-0.4, -0.2) is 87.2 Å². The van der Waals surface area contributed by atoms with Crippen molar-refractivity contribution in [2.45, 2.75) is 76.3 Å². The van der Waals surface area contributed by atoms with Crippen molar-refractivity contribution < 1.29 is 9.53 Å². The average Bonchev–Trinajstić information content (AvgIpc) is 3.26. The number of fused-ring (bicyclic) bond motifs is 4. The second kappa shape index (κ2) is 7.63. The Bertz CT molecular complexity index is 709. The lowest BCUT2D eigenvalue weighted by Gasteiger charge is -2.44. The average molecular weight is 406 g/mol. The summed E-state index contributed by atoms with van der Waals surface area (Å²) in [5.41, 5.74) is 1.14. The van der Waals surface area contributed by atoms with E-state index in [-0.39, 0.29) is 6.04 Å². The molecule has 8 heteroatoms. The number of amides is 1. The van der Waals surface area contributed by atoms with Gasteiger partial charge in [-0.3, -0.25) is 14.6 Å². The molecule has 154 valence electrons. The molecule has 2 bridgehead atoms. The topological polar surface area (TPSA) is 61.8 Å². The summed E-state index contributed by atoms with van der Waals surface area (Å²) in [4.78, 5) is 21.5. The van der Waals surface area contributed by atoms with Gasteiger partial charge < -0.3 is 9.64 Å². The monoisotopic (exact) mass is 405 g/mol. The number of likely N-dealkylation sites (tertiary alicyclic amines) is 1. The first kappa shape index (κ1) is 18.9. The highest BCUT2D eigenvalue weighted by molar-refractivity contribution is 7.05. The minimum Gasteiger partial charge on any atom is -0.373 e. The summed E-state index contributed by atoms with van der Waals surface area (Å²) in [7, 11) is 0. The van der Waals surface area contributed by atoms with E-state index in [0.29, 0.717) is 36.7 Å². The Balaban J connectivity index is 1.16. The van der Waals surface area contributed by atoms with Crippen molar-refractivity contribution in [2.75, 3.05) is 32.7 Å². The maximum absolute atomic E-state index is 13.1. The molecular weight excluding hydrogens is 374 g/mol. The van der Waals surface area contributed by atoms with E-state index < -0.39 is 0 Å². The lowest BCUT2D eigenvalue weighted by Crippen LogP contribution is -2.54. The van der Waals surface area contributed by atoms with Crippen LogP contribution in [0.1, 0.15) is 56.1 Å². The van der Waals surface area contributed by atoms with E-state index in [4.69, 9.17) is 4.74 Å². The van der Waals surface area contributed by atoms with Crippen molar-refractivity contribution in [3.8, 4) is 0 Å². The van der Waals surface area contributed by atoms with Crippen molar-refractivity contribution in [3.63, 3.8) is 0 Å². The number of hydrogen-bond donors (Lipinski definition) is 0. The van der Waals surface area contributed by atoms with Crippen LogP contribution in [0, 0.1) is 0 Å². The molecule has 3 saturated heterocycles. The highest BCUT2D eigenvalue weighted by atomic mass is 32.1. The van der Waals surface area contributed by atoms with Gasteiger partial charge in [-0.2, -0.15) is 0 Å². The van der Waals surface area contributed by atoms with Crippen LogP contribution in [0.15, 0.2) is 0 Å². The third kappa shape index (κ3) is 3.49. The zero-order valence-electron chi connectivity index (χ0n) is 16.9. The van der Waals surface area contributed by atoms with Crippen LogP contribution in [0.4, 0.5) is 0 Å². The molecule has 5 heterocycles. The Morgan fingerprint density at radius 1 is 1.11 bits per heavy atom. The second-order valence-electron chi connectivity index (χ2n) is 9.05. The van der Waals surface area contributed by atoms with Crippen molar-refractivity contribution >= 4 is 17.4 Å². The van der Waals surface area contributed by atoms with Gasteiger partial charge >= 0.3 is 0 Å². The van der Waals surface area contributed by atoms with E-state index in [1.54, 1.807) is 0 Å². The third-order valence-corrected chi connectivity index (χ3v) is 7.86. The summed E-state index contributed by atoms with van der Waals surface area (Å²) < 4.78 is 10.0. The minimum atomic E-state index is 0.232. The van der Waals surface area contributed by atoms with Gasteiger partial charge in [0.15, 0.2) is 0 Å². The molecule has 4 aliphatic heterocycles. The summed E-state index contributed by atoms with van der Waals surface area (Å²) in [6, 6.07) is 1.20. The summed E-state index contributed by atoms with van der Waals surface area (Å²) in [6.07, 6.45) is 6.03. The Kier molecular flexibility index (Phi) is 5.15. The first-order valence-corrected chi connectivity index (χ1v) is 11.6. The van der Waals surface area contributed by atoms with E-state index in [0.717, 1.165) is 64.0 Å². The molecule has 0 aromatic carbocycles. The lowest BCUT2D eigenvalue weighted by molar-refractivity contribution is -0.136. The van der Waals surface area contributed by atoms with Crippen LogP contribution in [0.5, 0.6) is 0 Å². The van der Waals surface area contributed by atoms with Gasteiger partial charge in [-0.05, 0) is 51.1 Å². The Hall–Kier alpha value is -1.09. The number of rotatable bonds is 3. The first-order valence-electron chi connectivity index (χ1n) is 10.8. The predicted molar refractivity (Wildman–Crippen MR) is 107 cm³/mol. The molecule has 0 saturated carbocycles. The number of hydrogen-bond acceptors (Lipinski definition) is 7. The molecule has 4 aliphatic rings. The molecule has 0 radical (unpaired) electrons. The fraction of sp³-hybridized carbons (Fsp3) is 0.850. The van der Waals surface area contributed by atoms with Crippen LogP contribution in [0.2, 0.25) is 0 Å². The number of carbonyl (C=O) groups excluding carboxylic acids is 1. The van der Waals surface area contributed by atoms with Gasteiger partial charge in [0.2, 0.25) is 5.91 Å². The van der Waals surface area contributed by atoms with Gasteiger partial charge in [0.1, 0.15) is 0 Å². The molecule has 1 amide bonds. The zero-order chi connectivity index (χ0) is 19.3. The maximum Gasteiger partial charge on any atom is 0.237 e. The van der Waals surface area contributed by atoms with Gasteiger partial charge in [-0.1, -0.05) is 4.49 Å². The Morgan fingerprint density at radius 2 is 1.86 bits per heavy atom. The van der Waals surface area contributed by atoms with E-state index >= 15 is 0 Å². The zero-order valence-corrected chi connectivity index (χ0v) is 17.7. The first-order chi connectivity index (χ1) is 13.6. The molecule has 0 aliphatic carbocycles. The lowest BCUT2D eigenvalue weighted by atomic mass is 10.0. The molecule has 7 nitrogen and oxygen atoms in total.